The highest BCUT2D eigenvalue weighted by atomic mass is 32.1. The van der Waals surface area contributed by atoms with Gasteiger partial charge in [0.2, 0.25) is 5.91 Å². The highest BCUT2D eigenvalue weighted by Crippen LogP contribution is 2.41. The average molecular weight is 323 g/mol. The van der Waals surface area contributed by atoms with Gasteiger partial charge in [-0.15, -0.1) is 11.3 Å². The summed E-state index contributed by atoms with van der Waals surface area (Å²) in [6, 6.07) is 0. The van der Waals surface area contributed by atoms with Gasteiger partial charge in [0.25, 0.3) is 5.91 Å². The van der Waals surface area contributed by atoms with Crippen molar-refractivity contribution >= 4 is 23.2 Å². The third-order valence-corrected chi connectivity index (χ3v) is 5.41. The number of hydrogen-bond donors (Lipinski definition) is 2. The molecule has 0 aromatic carbocycles. The molecular formula is C16H25N3O2S. The van der Waals surface area contributed by atoms with Gasteiger partial charge in [-0.1, -0.05) is 20.8 Å². The molecule has 0 saturated heterocycles. The normalized spacial score (nSPS) is 24.0. The van der Waals surface area contributed by atoms with Gasteiger partial charge in [0.15, 0.2) is 0 Å². The van der Waals surface area contributed by atoms with Crippen LogP contribution in [-0.4, -0.2) is 16.8 Å². The Balaban J connectivity index is 1.95. The van der Waals surface area contributed by atoms with Gasteiger partial charge in [0, 0.05) is 5.92 Å². The number of hydrogen-bond acceptors (Lipinski definition) is 4. The lowest BCUT2D eigenvalue weighted by molar-refractivity contribution is -0.128. The molecule has 1 aromatic rings. The summed E-state index contributed by atoms with van der Waals surface area (Å²) in [5.74, 6) is 0.266. The van der Waals surface area contributed by atoms with Gasteiger partial charge in [-0.3, -0.25) is 9.59 Å². The maximum atomic E-state index is 12.4. The zero-order valence-electron chi connectivity index (χ0n) is 13.7. The molecule has 6 heteroatoms. The number of rotatable bonds is 4. The molecule has 3 N–H and O–H groups in total. The lowest BCUT2D eigenvalue weighted by atomic mass is 9.68. The number of nitrogens with one attached hydrogen (secondary N) is 1. The van der Waals surface area contributed by atoms with E-state index in [4.69, 9.17) is 5.73 Å². The summed E-state index contributed by atoms with van der Waals surface area (Å²) in [5, 5.41) is 3.69. The largest absolute Gasteiger partial charge is 0.365 e. The van der Waals surface area contributed by atoms with Crippen molar-refractivity contribution in [2.24, 2.45) is 23.0 Å². The van der Waals surface area contributed by atoms with Crippen LogP contribution in [0.15, 0.2) is 0 Å². The van der Waals surface area contributed by atoms with E-state index in [9.17, 15) is 9.59 Å². The zero-order chi connectivity index (χ0) is 16.5. The van der Waals surface area contributed by atoms with Crippen molar-refractivity contribution in [3.05, 3.63) is 15.6 Å². The van der Waals surface area contributed by atoms with Crippen molar-refractivity contribution in [2.75, 3.05) is 0 Å². The van der Waals surface area contributed by atoms with Gasteiger partial charge >= 0.3 is 0 Å². The monoisotopic (exact) mass is 323 g/mol. The van der Waals surface area contributed by atoms with Crippen molar-refractivity contribution in [3.63, 3.8) is 0 Å². The smallest absolute Gasteiger partial charge is 0.260 e. The number of aryl methyl sites for hydroxylation is 1. The Morgan fingerprint density at radius 1 is 1.41 bits per heavy atom. The van der Waals surface area contributed by atoms with Gasteiger partial charge in [0.1, 0.15) is 9.88 Å². The second kappa shape index (κ2) is 6.36. The molecular weight excluding hydrogens is 298 g/mol. The van der Waals surface area contributed by atoms with E-state index in [1.165, 1.54) is 17.8 Å². The first kappa shape index (κ1) is 16.9. The Labute approximate surface area is 135 Å². The maximum absolute atomic E-state index is 12.4. The number of thiazole rings is 1. The summed E-state index contributed by atoms with van der Waals surface area (Å²) in [6.07, 6.45) is 3.04. The topological polar surface area (TPSA) is 85.1 Å². The van der Waals surface area contributed by atoms with Crippen LogP contribution in [0.4, 0.5) is 0 Å². The zero-order valence-corrected chi connectivity index (χ0v) is 14.5. The van der Waals surface area contributed by atoms with Crippen LogP contribution in [0, 0.1) is 24.2 Å². The van der Waals surface area contributed by atoms with E-state index in [1.807, 2.05) is 0 Å². The quantitative estimate of drug-likeness (QED) is 0.893. The maximum Gasteiger partial charge on any atom is 0.260 e. The van der Waals surface area contributed by atoms with Crippen LogP contribution < -0.4 is 11.1 Å². The van der Waals surface area contributed by atoms with Crippen LogP contribution in [0.25, 0.3) is 0 Å². The van der Waals surface area contributed by atoms with Crippen LogP contribution in [-0.2, 0) is 11.3 Å². The van der Waals surface area contributed by atoms with Crippen molar-refractivity contribution in [3.8, 4) is 0 Å². The summed E-state index contributed by atoms with van der Waals surface area (Å²) < 4.78 is 0. The third-order valence-electron chi connectivity index (χ3n) is 4.24. The summed E-state index contributed by atoms with van der Waals surface area (Å²) in [5.41, 5.74) is 6.14. The molecule has 0 aliphatic heterocycles. The molecule has 1 heterocycles. The van der Waals surface area contributed by atoms with E-state index < -0.39 is 5.91 Å². The number of primary amides is 1. The molecule has 1 aromatic heterocycles. The van der Waals surface area contributed by atoms with Gasteiger partial charge in [-0.25, -0.2) is 4.98 Å². The van der Waals surface area contributed by atoms with Crippen molar-refractivity contribution < 1.29 is 9.59 Å². The predicted octanol–water partition coefficient (Wildman–Crippen LogP) is 2.63. The summed E-state index contributed by atoms with van der Waals surface area (Å²) in [7, 11) is 0. The van der Waals surface area contributed by atoms with E-state index >= 15 is 0 Å². The number of amides is 2. The second-order valence-corrected chi connectivity index (χ2v) is 8.30. The SMILES string of the molecule is Cc1nc(CNC(=O)C2CC(C)CC(C)(C)C2)sc1C(N)=O. The van der Waals surface area contributed by atoms with Crippen LogP contribution in [0.1, 0.15) is 60.4 Å². The van der Waals surface area contributed by atoms with E-state index in [1.54, 1.807) is 6.92 Å². The average Bonchev–Trinajstić information content (AvgIpc) is 2.75. The Morgan fingerprint density at radius 2 is 2.09 bits per heavy atom. The van der Waals surface area contributed by atoms with Crippen molar-refractivity contribution in [1.82, 2.24) is 10.3 Å². The highest BCUT2D eigenvalue weighted by molar-refractivity contribution is 7.13. The minimum Gasteiger partial charge on any atom is -0.365 e. The predicted molar refractivity (Wildman–Crippen MR) is 87.5 cm³/mol. The molecule has 5 nitrogen and oxygen atoms in total. The Morgan fingerprint density at radius 3 is 2.64 bits per heavy atom. The standard InChI is InChI=1S/C16H25N3O2S/c1-9-5-11(7-16(3,4)6-9)15(21)18-8-12-19-10(2)13(22-12)14(17)20/h9,11H,5-8H2,1-4H3,(H2,17,20)(H,18,21). The van der Waals surface area contributed by atoms with Crippen LogP contribution in [0.2, 0.25) is 0 Å². The van der Waals surface area contributed by atoms with Crippen LogP contribution >= 0.6 is 11.3 Å². The van der Waals surface area contributed by atoms with Crippen LogP contribution in [0.3, 0.4) is 0 Å². The lowest BCUT2D eigenvalue weighted by Gasteiger charge is -2.38. The minimum absolute atomic E-state index is 0.0652. The van der Waals surface area contributed by atoms with E-state index in [2.05, 4.69) is 31.1 Å². The number of carbonyl (C=O) groups is 2. The first-order valence-corrected chi connectivity index (χ1v) is 8.53. The number of aromatic nitrogens is 1. The summed E-state index contributed by atoms with van der Waals surface area (Å²) in [6.45, 7) is 8.79. The third kappa shape index (κ3) is 4.06. The highest BCUT2D eigenvalue weighted by Gasteiger charge is 2.35. The molecule has 1 saturated carbocycles. The molecule has 0 spiro atoms. The fraction of sp³-hybridized carbons (Fsp3) is 0.688. The molecule has 1 aliphatic carbocycles. The lowest BCUT2D eigenvalue weighted by Crippen LogP contribution is -2.38. The van der Waals surface area contributed by atoms with E-state index in [0.29, 0.717) is 23.0 Å². The molecule has 22 heavy (non-hydrogen) atoms. The molecule has 2 unspecified atom stereocenters. The van der Waals surface area contributed by atoms with E-state index in [0.717, 1.165) is 17.8 Å². The summed E-state index contributed by atoms with van der Waals surface area (Å²) >= 11 is 1.26. The minimum atomic E-state index is -0.463. The Hall–Kier alpha value is -1.43. The van der Waals surface area contributed by atoms with Crippen molar-refractivity contribution in [1.29, 1.82) is 0 Å². The molecule has 2 atom stereocenters. The van der Waals surface area contributed by atoms with Gasteiger partial charge in [0.05, 0.1) is 12.2 Å². The fourth-order valence-electron chi connectivity index (χ4n) is 3.61. The molecule has 2 rings (SSSR count). The van der Waals surface area contributed by atoms with E-state index in [-0.39, 0.29) is 17.2 Å². The molecule has 0 radical (unpaired) electrons. The first-order chi connectivity index (χ1) is 10.2. The first-order valence-electron chi connectivity index (χ1n) is 7.72. The van der Waals surface area contributed by atoms with Crippen LogP contribution in [0.5, 0.6) is 0 Å². The molecule has 0 bridgehead atoms. The molecule has 1 aliphatic rings. The Kier molecular flexibility index (Phi) is 4.90. The number of nitrogens with two attached hydrogens (primary N) is 1. The fourth-order valence-corrected chi connectivity index (χ4v) is 4.47. The molecule has 1 fully saturated rings. The molecule has 2 amide bonds. The number of carbonyl (C=O) groups excluding carboxylic acids is 2. The van der Waals surface area contributed by atoms with Crippen molar-refractivity contribution in [2.45, 2.75) is 53.5 Å². The second-order valence-electron chi connectivity index (χ2n) is 7.21. The summed E-state index contributed by atoms with van der Waals surface area (Å²) in [4.78, 5) is 28.4. The van der Waals surface area contributed by atoms with Gasteiger partial charge in [-0.05, 0) is 37.5 Å². The Bertz CT molecular complexity index is 580. The molecule has 122 valence electrons. The number of nitrogens with zero attached hydrogens (tertiary/aromatic N) is 1. The van der Waals surface area contributed by atoms with Gasteiger partial charge in [-0.2, -0.15) is 0 Å². The van der Waals surface area contributed by atoms with Gasteiger partial charge < -0.3 is 11.1 Å².